The molecule has 1 saturated heterocycles. The molecule has 0 amide bonds. The second-order valence-corrected chi connectivity index (χ2v) is 7.77. The topological polar surface area (TPSA) is 71.4 Å². The third kappa shape index (κ3) is 4.41. The molecule has 1 aliphatic heterocycles. The number of halogens is 1. The lowest BCUT2D eigenvalue weighted by Crippen LogP contribution is -2.45. The van der Waals surface area contributed by atoms with E-state index in [9.17, 15) is 4.39 Å². The van der Waals surface area contributed by atoms with E-state index in [1.807, 2.05) is 18.2 Å². The summed E-state index contributed by atoms with van der Waals surface area (Å²) in [5.74, 6) is 1.00. The lowest BCUT2D eigenvalue weighted by atomic mass is 10.2. The van der Waals surface area contributed by atoms with Crippen molar-refractivity contribution < 1.29 is 8.91 Å². The Morgan fingerprint density at radius 1 is 1.04 bits per heavy atom. The van der Waals surface area contributed by atoms with Gasteiger partial charge in [-0.2, -0.15) is 4.98 Å². The summed E-state index contributed by atoms with van der Waals surface area (Å²) in [4.78, 5) is 11.2. The van der Waals surface area contributed by atoms with Gasteiger partial charge in [0.05, 0.1) is 13.1 Å². The Kier molecular flexibility index (Phi) is 5.58. The predicted octanol–water partition coefficient (Wildman–Crippen LogP) is 2.71. The van der Waals surface area contributed by atoms with E-state index >= 15 is 0 Å². The van der Waals surface area contributed by atoms with Crippen LogP contribution in [-0.4, -0.2) is 46.1 Å². The highest BCUT2D eigenvalue weighted by atomic mass is 32.1. The molecular weight excluding hydrogens is 365 g/mol. The van der Waals surface area contributed by atoms with Gasteiger partial charge in [-0.25, -0.2) is 4.39 Å². The minimum atomic E-state index is -0.168. The number of rotatable bonds is 6. The number of nitrogens with zero attached hydrogens (tertiary/aromatic N) is 4. The Morgan fingerprint density at radius 2 is 1.78 bits per heavy atom. The Hall–Kier alpha value is -2.13. The first-order chi connectivity index (χ1) is 13.2. The first-order valence-electron chi connectivity index (χ1n) is 9.01. The molecule has 3 heterocycles. The highest BCUT2D eigenvalue weighted by molar-refractivity contribution is 7.15. The van der Waals surface area contributed by atoms with Crippen LogP contribution in [0, 0.1) is 5.82 Å². The van der Waals surface area contributed by atoms with Gasteiger partial charge in [-0.3, -0.25) is 9.80 Å². The van der Waals surface area contributed by atoms with Crippen molar-refractivity contribution in [3.63, 3.8) is 0 Å². The van der Waals surface area contributed by atoms with Gasteiger partial charge in [-0.1, -0.05) is 23.4 Å². The van der Waals surface area contributed by atoms with Gasteiger partial charge in [0.25, 0.3) is 0 Å². The molecule has 2 aromatic heterocycles. The van der Waals surface area contributed by atoms with Crippen molar-refractivity contribution in [2.75, 3.05) is 26.2 Å². The molecule has 0 saturated carbocycles. The summed E-state index contributed by atoms with van der Waals surface area (Å²) in [6, 6.07) is 11.0. The van der Waals surface area contributed by atoms with Crippen molar-refractivity contribution in [2.45, 2.75) is 19.6 Å². The van der Waals surface area contributed by atoms with Crippen LogP contribution >= 0.6 is 11.3 Å². The van der Waals surface area contributed by atoms with Crippen LogP contribution in [0.15, 0.2) is 40.9 Å². The monoisotopic (exact) mass is 387 g/mol. The molecule has 1 aliphatic rings. The van der Waals surface area contributed by atoms with E-state index < -0.39 is 0 Å². The normalized spacial score (nSPS) is 16.1. The second-order valence-electron chi connectivity index (χ2n) is 6.61. The molecule has 0 bridgehead atoms. The number of piperazine rings is 1. The van der Waals surface area contributed by atoms with E-state index in [2.05, 4.69) is 26.0 Å². The van der Waals surface area contributed by atoms with Gasteiger partial charge < -0.3 is 10.3 Å². The molecular formula is C19H22FN5OS. The van der Waals surface area contributed by atoms with Gasteiger partial charge >= 0.3 is 0 Å². The van der Waals surface area contributed by atoms with Crippen LogP contribution < -0.4 is 5.73 Å². The van der Waals surface area contributed by atoms with Crippen molar-refractivity contribution >= 4 is 11.3 Å². The van der Waals surface area contributed by atoms with E-state index in [-0.39, 0.29) is 12.4 Å². The average Bonchev–Trinajstić information content (AvgIpc) is 3.33. The molecule has 0 unspecified atom stereocenters. The summed E-state index contributed by atoms with van der Waals surface area (Å²) < 4.78 is 19.0. The third-order valence-corrected chi connectivity index (χ3v) is 5.80. The Labute approximate surface area is 161 Å². The number of thiophene rings is 1. The van der Waals surface area contributed by atoms with Crippen LogP contribution in [0.2, 0.25) is 0 Å². The van der Waals surface area contributed by atoms with E-state index in [1.165, 1.54) is 10.9 Å². The molecule has 142 valence electrons. The van der Waals surface area contributed by atoms with Crippen LogP contribution in [0.25, 0.3) is 10.4 Å². The van der Waals surface area contributed by atoms with Gasteiger partial charge in [0.15, 0.2) is 5.82 Å². The largest absolute Gasteiger partial charge is 0.338 e. The molecule has 27 heavy (non-hydrogen) atoms. The Balaban J connectivity index is 1.30. The molecule has 0 atom stereocenters. The molecule has 8 heteroatoms. The summed E-state index contributed by atoms with van der Waals surface area (Å²) in [6.07, 6.45) is 0. The maximum atomic E-state index is 14.0. The lowest BCUT2D eigenvalue weighted by Gasteiger charge is -2.33. The van der Waals surface area contributed by atoms with Crippen LogP contribution in [0.1, 0.15) is 16.6 Å². The first-order valence-corrected chi connectivity index (χ1v) is 9.83. The predicted molar refractivity (Wildman–Crippen MR) is 102 cm³/mol. The number of hydrogen-bond acceptors (Lipinski definition) is 7. The number of aromatic nitrogens is 2. The average molecular weight is 387 g/mol. The van der Waals surface area contributed by atoms with Crippen LogP contribution in [0.3, 0.4) is 0 Å². The molecule has 0 radical (unpaired) electrons. The van der Waals surface area contributed by atoms with Crippen molar-refractivity contribution in [3.05, 3.63) is 58.8 Å². The molecule has 1 aromatic carbocycles. The van der Waals surface area contributed by atoms with Crippen LogP contribution in [-0.2, 0) is 19.6 Å². The first kappa shape index (κ1) is 18.2. The minimum Gasteiger partial charge on any atom is -0.338 e. The lowest BCUT2D eigenvalue weighted by molar-refractivity contribution is 0.120. The minimum absolute atomic E-state index is 0.168. The van der Waals surface area contributed by atoms with E-state index in [4.69, 9.17) is 10.3 Å². The standard InChI is InChI=1S/C19H22FN5OS/c20-16-4-2-1-3-15(16)17-6-5-14(27-17)12-24-7-9-25(10-8-24)13-18-22-19(11-21)26-23-18/h1-6H,7-13,21H2. The highest BCUT2D eigenvalue weighted by Crippen LogP contribution is 2.30. The van der Waals surface area contributed by atoms with E-state index in [1.54, 1.807) is 17.4 Å². The molecule has 6 nitrogen and oxygen atoms in total. The number of nitrogens with two attached hydrogens (primary N) is 1. The van der Waals surface area contributed by atoms with Crippen molar-refractivity contribution in [1.29, 1.82) is 0 Å². The van der Waals surface area contributed by atoms with E-state index in [0.29, 0.717) is 23.8 Å². The zero-order valence-corrected chi connectivity index (χ0v) is 15.8. The summed E-state index contributed by atoms with van der Waals surface area (Å²) in [7, 11) is 0. The van der Waals surface area contributed by atoms with Gasteiger partial charge in [-0.05, 0) is 18.2 Å². The number of benzene rings is 1. The van der Waals surface area contributed by atoms with Gasteiger partial charge in [0, 0.05) is 48.0 Å². The summed E-state index contributed by atoms with van der Waals surface area (Å²) in [5, 5.41) is 3.96. The fourth-order valence-electron chi connectivity index (χ4n) is 3.23. The van der Waals surface area contributed by atoms with Crippen molar-refractivity contribution in [1.82, 2.24) is 19.9 Å². The maximum absolute atomic E-state index is 14.0. The maximum Gasteiger partial charge on any atom is 0.240 e. The zero-order valence-electron chi connectivity index (χ0n) is 15.0. The molecule has 2 N–H and O–H groups in total. The molecule has 1 fully saturated rings. The fraction of sp³-hybridized carbons (Fsp3) is 0.368. The quantitative estimate of drug-likeness (QED) is 0.701. The van der Waals surface area contributed by atoms with Gasteiger partial charge in [0.1, 0.15) is 5.82 Å². The Morgan fingerprint density at radius 3 is 2.48 bits per heavy atom. The molecule has 4 rings (SSSR count). The van der Waals surface area contributed by atoms with Crippen LogP contribution in [0.4, 0.5) is 4.39 Å². The molecule has 0 spiro atoms. The molecule has 3 aromatic rings. The molecule has 0 aliphatic carbocycles. The third-order valence-electron chi connectivity index (χ3n) is 4.70. The summed E-state index contributed by atoms with van der Waals surface area (Å²) >= 11 is 1.66. The van der Waals surface area contributed by atoms with E-state index in [0.717, 1.165) is 37.6 Å². The van der Waals surface area contributed by atoms with Crippen molar-refractivity contribution in [3.8, 4) is 10.4 Å². The summed E-state index contributed by atoms with van der Waals surface area (Å²) in [6.45, 7) is 5.73. The zero-order chi connectivity index (χ0) is 18.6. The van der Waals surface area contributed by atoms with Gasteiger partial charge in [0.2, 0.25) is 5.89 Å². The van der Waals surface area contributed by atoms with Crippen molar-refractivity contribution in [2.24, 2.45) is 5.73 Å². The SMILES string of the molecule is NCc1nc(CN2CCN(Cc3ccc(-c4ccccc4F)s3)CC2)no1. The van der Waals surface area contributed by atoms with Crippen LogP contribution in [0.5, 0.6) is 0 Å². The Bertz CT molecular complexity index is 888. The van der Waals surface area contributed by atoms with Gasteiger partial charge in [-0.15, -0.1) is 11.3 Å². The highest BCUT2D eigenvalue weighted by Gasteiger charge is 2.19. The smallest absolute Gasteiger partial charge is 0.240 e. The summed E-state index contributed by atoms with van der Waals surface area (Å²) in [5.41, 5.74) is 6.17. The fourth-order valence-corrected chi connectivity index (χ4v) is 4.31. The second kappa shape index (κ2) is 8.26. The number of hydrogen-bond donors (Lipinski definition) is 1.